The zero-order valence-electron chi connectivity index (χ0n) is 10.3. The van der Waals surface area contributed by atoms with E-state index in [0.717, 1.165) is 29.1 Å². The van der Waals surface area contributed by atoms with Gasteiger partial charge in [0.25, 0.3) is 0 Å². The molecule has 0 spiro atoms. The Kier molecular flexibility index (Phi) is 4.19. The van der Waals surface area contributed by atoms with Crippen molar-refractivity contribution in [2.24, 2.45) is 0 Å². The van der Waals surface area contributed by atoms with E-state index in [2.05, 4.69) is 25.8 Å². The number of hydrogen-bond donors (Lipinski definition) is 1. The summed E-state index contributed by atoms with van der Waals surface area (Å²) in [7, 11) is 0. The van der Waals surface area contributed by atoms with Gasteiger partial charge in [0.1, 0.15) is 12.4 Å². The maximum Gasteiger partial charge on any atom is 0.248 e. The number of amides is 1. The van der Waals surface area contributed by atoms with Crippen molar-refractivity contribution in [2.45, 2.75) is 6.92 Å². The second-order valence-electron chi connectivity index (χ2n) is 4.26. The van der Waals surface area contributed by atoms with Crippen molar-refractivity contribution >= 4 is 27.7 Å². The number of carbonyl (C=O) groups excluding carboxylic acids is 1. The quantitative estimate of drug-likeness (QED) is 0.877. The van der Waals surface area contributed by atoms with Crippen LogP contribution in [0.1, 0.15) is 5.69 Å². The Bertz CT molecular complexity index is 445. The van der Waals surface area contributed by atoms with E-state index in [4.69, 9.17) is 5.11 Å². The zero-order chi connectivity index (χ0) is 13.1. The Morgan fingerprint density at radius 3 is 2.61 bits per heavy atom. The van der Waals surface area contributed by atoms with Gasteiger partial charge in [-0.2, -0.15) is 0 Å². The van der Waals surface area contributed by atoms with Gasteiger partial charge in [0.05, 0.1) is 5.69 Å². The molecule has 0 unspecified atom stereocenters. The van der Waals surface area contributed by atoms with Crippen LogP contribution in [0.2, 0.25) is 0 Å². The van der Waals surface area contributed by atoms with Crippen LogP contribution in [-0.2, 0) is 4.79 Å². The molecule has 6 heteroatoms. The third-order valence-electron chi connectivity index (χ3n) is 3.10. The van der Waals surface area contributed by atoms with Crippen molar-refractivity contribution in [3.63, 3.8) is 0 Å². The Balaban J connectivity index is 2.01. The van der Waals surface area contributed by atoms with Crippen LogP contribution in [0, 0.1) is 6.92 Å². The predicted octanol–water partition coefficient (Wildman–Crippen LogP) is 0.793. The molecule has 5 nitrogen and oxygen atoms in total. The van der Waals surface area contributed by atoms with Crippen LogP contribution in [0.4, 0.5) is 5.82 Å². The smallest absolute Gasteiger partial charge is 0.248 e. The number of carbonyl (C=O) groups is 1. The summed E-state index contributed by atoms with van der Waals surface area (Å²) in [5.74, 6) is 0.737. The van der Waals surface area contributed by atoms with Gasteiger partial charge in [-0.3, -0.25) is 4.79 Å². The molecule has 1 fully saturated rings. The van der Waals surface area contributed by atoms with Gasteiger partial charge >= 0.3 is 0 Å². The van der Waals surface area contributed by atoms with Gasteiger partial charge in [-0.1, -0.05) is 0 Å². The summed E-state index contributed by atoms with van der Waals surface area (Å²) < 4.78 is 1.00. The normalized spacial score (nSPS) is 15.9. The molecule has 0 radical (unpaired) electrons. The number of aryl methyl sites for hydroxylation is 1. The number of piperazine rings is 1. The SMILES string of the molecule is Cc1nc(N2CCN(C(=O)CO)CC2)ccc1Br. The van der Waals surface area contributed by atoms with E-state index in [9.17, 15) is 4.79 Å². The second kappa shape index (κ2) is 5.67. The molecule has 1 aromatic rings. The van der Waals surface area contributed by atoms with E-state index < -0.39 is 6.61 Å². The number of halogens is 1. The van der Waals surface area contributed by atoms with E-state index in [1.807, 2.05) is 19.1 Å². The molecule has 1 aliphatic rings. The topological polar surface area (TPSA) is 56.7 Å². The van der Waals surface area contributed by atoms with Crippen LogP contribution in [0.15, 0.2) is 16.6 Å². The molecule has 0 saturated carbocycles. The van der Waals surface area contributed by atoms with Crippen LogP contribution in [0.5, 0.6) is 0 Å². The summed E-state index contributed by atoms with van der Waals surface area (Å²) >= 11 is 3.43. The molecule has 98 valence electrons. The number of aliphatic hydroxyl groups excluding tert-OH is 1. The first-order chi connectivity index (χ1) is 8.61. The minimum absolute atomic E-state index is 0.199. The molecule has 1 N–H and O–H groups in total. The molecule has 1 saturated heterocycles. The molecule has 2 rings (SSSR count). The molecule has 18 heavy (non-hydrogen) atoms. The Labute approximate surface area is 115 Å². The first kappa shape index (κ1) is 13.3. The molecule has 1 aliphatic heterocycles. The van der Waals surface area contributed by atoms with Crippen LogP contribution in [0.25, 0.3) is 0 Å². The lowest BCUT2D eigenvalue weighted by Gasteiger charge is -2.35. The van der Waals surface area contributed by atoms with E-state index in [-0.39, 0.29) is 5.91 Å². The average Bonchev–Trinajstić information content (AvgIpc) is 2.41. The highest BCUT2D eigenvalue weighted by Crippen LogP contribution is 2.20. The van der Waals surface area contributed by atoms with E-state index in [0.29, 0.717) is 13.1 Å². The maximum atomic E-state index is 11.3. The fourth-order valence-corrected chi connectivity index (χ4v) is 2.21. The molecule has 1 aromatic heterocycles. The second-order valence-corrected chi connectivity index (χ2v) is 5.12. The van der Waals surface area contributed by atoms with Crippen LogP contribution < -0.4 is 4.90 Å². The maximum absolute atomic E-state index is 11.3. The summed E-state index contributed by atoms with van der Waals surface area (Å²) in [4.78, 5) is 19.7. The summed E-state index contributed by atoms with van der Waals surface area (Å²) in [5, 5.41) is 8.81. The lowest BCUT2D eigenvalue weighted by Crippen LogP contribution is -2.49. The molecular weight excluding hydrogens is 298 g/mol. The minimum atomic E-state index is -0.407. The zero-order valence-corrected chi connectivity index (χ0v) is 11.9. The highest BCUT2D eigenvalue weighted by molar-refractivity contribution is 9.10. The highest BCUT2D eigenvalue weighted by atomic mass is 79.9. The fourth-order valence-electron chi connectivity index (χ4n) is 1.99. The largest absolute Gasteiger partial charge is 0.387 e. The third kappa shape index (κ3) is 2.81. The van der Waals surface area contributed by atoms with Crippen molar-refractivity contribution in [2.75, 3.05) is 37.7 Å². The van der Waals surface area contributed by atoms with Gasteiger partial charge < -0.3 is 14.9 Å². The Hall–Kier alpha value is -1.14. The van der Waals surface area contributed by atoms with Crippen LogP contribution >= 0.6 is 15.9 Å². The summed E-state index contributed by atoms with van der Waals surface area (Å²) in [6.07, 6.45) is 0. The lowest BCUT2D eigenvalue weighted by molar-refractivity contribution is -0.134. The number of aliphatic hydroxyl groups is 1. The van der Waals surface area contributed by atoms with Crippen molar-refractivity contribution in [3.05, 3.63) is 22.3 Å². The van der Waals surface area contributed by atoms with Gasteiger partial charge in [-0.25, -0.2) is 4.98 Å². The molecule has 1 amide bonds. The summed E-state index contributed by atoms with van der Waals surface area (Å²) in [6.45, 7) is 4.32. The number of pyridine rings is 1. The summed E-state index contributed by atoms with van der Waals surface area (Å²) in [5.41, 5.74) is 0.960. The van der Waals surface area contributed by atoms with Gasteiger partial charge in [0.15, 0.2) is 0 Å². The van der Waals surface area contributed by atoms with E-state index >= 15 is 0 Å². The number of rotatable bonds is 2. The fraction of sp³-hybridized carbons (Fsp3) is 0.500. The third-order valence-corrected chi connectivity index (χ3v) is 3.94. The first-order valence-corrected chi connectivity index (χ1v) is 6.68. The minimum Gasteiger partial charge on any atom is -0.387 e. The molecule has 2 heterocycles. The van der Waals surface area contributed by atoms with Crippen LogP contribution in [0.3, 0.4) is 0 Å². The predicted molar refractivity (Wildman–Crippen MR) is 72.6 cm³/mol. The first-order valence-electron chi connectivity index (χ1n) is 5.88. The Morgan fingerprint density at radius 2 is 2.06 bits per heavy atom. The van der Waals surface area contributed by atoms with Crippen molar-refractivity contribution in [3.8, 4) is 0 Å². The van der Waals surface area contributed by atoms with Gasteiger partial charge in [0, 0.05) is 30.7 Å². The number of nitrogens with zero attached hydrogens (tertiary/aromatic N) is 3. The monoisotopic (exact) mass is 313 g/mol. The van der Waals surface area contributed by atoms with Crippen molar-refractivity contribution in [1.29, 1.82) is 0 Å². The lowest BCUT2D eigenvalue weighted by atomic mass is 10.3. The molecular formula is C12H16BrN3O2. The van der Waals surface area contributed by atoms with Crippen molar-refractivity contribution in [1.82, 2.24) is 9.88 Å². The molecule has 0 bridgehead atoms. The number of anilines is 1. The summed E-state index contributed by atoms with van der Waals surface area (Å²) in [6, 6.07) is 3.96. The highest BCUT2D eigenvalue weighted by Gasteiger charge is 2.21. The molecule has 0 aliphatic carbocycles. The standard InChI is InChI=1S/C12H16BrN3O2/c1-9-10(13)2-3-11(14-9)15-4-6-16(7-5-15)12(18)8-17/h2-3,17H,4-8H2,1H3. The number of hydrogen-bond acceptors (Lipinski definition) is 4. The average molecular weight is 314 g/mol. The molecule has 0 atom stereocenters. The van der Waals surface area contributed by atoms with Gasteiger partial charge in [-0.05, 0) is 35.0 Å². The number of aromatic nitrogens is 1. The van der Waals surface area contributed by atoms with Crippen LogP contribution in [-0.4, -0.2) is 53.7 Å². The van der Waals surface area contributed by atoms with Gasteiger partial charge in [0.2, 0.25) is 5.91 Å². The van der Waals surface area contributed by atoms with E-state index in [1.54, 1.807) is 4.90 Å². The van der Waals surface area contributed by atoms with E-state index in [1.165, 1.54) is 0 Å². The molecule has 0 aromatic carbocycles. The van der Waals surface area contributed by atoms with Gasteiger partial charge in [-0.15, -0.1) is 0 Å². The van der Waals surface area contributed by atoms with Crippen molar-refractivity contribution < 1.29 is 9.90 Å². The Morgan fingerprint density at radius 1 is 1.39 bits per heavy atom.